The highest BCUT2D eigenvalue weighted by molar-refractivity contribution is 8.15. The third-order valence-electron chi connectivity index (χ3n) is 8.81. The number of alkyl carbamates (subject to hydrolysis) is 1. The van der Waals surface area contributed by atoms with Crippen LogP contribution in [0.3, 0.4) is 0 Å². The molecule has 2 heterocycles. The molecule has 0 spiro atoms. The van der Waals surface area contributed by atoms with Crippen LogP contribution in [-0.2, 0) is 33.7 Å². The second kappa shape index (κ2) is 18.9. The van der Waals surface area contributed by atoms with Crippen molar-refractivity contribution in [3.8, 4) is 0 Å². The molecule has 0 fully saturated rings. The van der Waals surface area contributed by atoms with Gasteiger partial charge in [0.25, 0.3) is 0 Å². The highest BCUT2D eigenvalue weighted by Crippen LogP contribution is 2.48. The first kappa shape index (κ1) is 49.0. The first-order chi connectivity index (χ1) is 27.1. The topological polar surface area (TPSA) is 188 Å². The van der Waals surface area contributed by atoms with Crippen molar-refractivity contribution >= 4 is 63.6 Å². The summed E-state index contributed by atoms with van der Waals surface area (Å²) in [5, 5.41) is 21.0. The van der Waals surface area contributed by atoms with Crippen molar-refractivity contribution in [3.63, 3.8) is 0 Å². The van der Waals surface area contributed by atoms with E-state index in [9.17, 15) is 24.0 Å². The Bertz CT molecular complexity index is 1900. The van der Waals surface area contributed by atoms with Gasteiger partial charge >= 0.3 is 6.09 Å². The minimum absolute atomic E-state index is 0.0405. The van der Waals surface area contributed by atoms with Crippen LogP contribution in [0.4, 0.5) is 4.79 Å². The second-order valence-corrected chi connectivity index (χ2v) is 21.5. The van der Waals surface area contributed by atoms with Crippen molar-refractivity contribution in [2.75, 3.05) is 19.7 Å². The molecule has 2 aliphatic heterocycles. The van der Waals surface area contributed by atoms with Gasteiger partial charge in [0.05, 0.1) is 13.2 Å². The van der Waals surface area contributed by atoms with Crippen molar-refractivity contribution in [1.29, 1.82) is 0 Å². The summed E-state index contributed by atoms with van der Waals surface area (Å²) in [6, 6.07) is 18.9. The van der Waals surface area contributed by atoms with E-state index in [2.05, 4.69) is 26.2 Å². The number of thioether (sulfide) groups is 2. The summed E-state index contributed by atoms with van der Waals surface area (Å²) in [7, 11) is 0. The van der Waals surface area contributed by atoms with Crippen molar-refractivity contribution in [1.82, 2.24) is 26.0 Å². The molecule has 0 bridgehead atoms. The normalized spacial score (nSPS) is 19.6. The Balaban J connectivity index is 0.000000324. The van der Waals surface area contributed by atoms with Gasteiger partial charge in [0.15, 0.2) is 20.1 Å². The Labute approximate surface area is 358 Å². The lowest BCUT2D eigenvalue weighted by Crippen LogP contribution is -2.52. The smallest absolute Gasteiger partial charge is 0.407 e. The van der Waals surface area contributed by atoms with Crippen LogP contribution in [0.15, 0.2) is 70.9 Å². The highest BCUT2D eigenvalue weighted by atomic mass is 32.2. The summed E-state index contributed by atoms with van der Waals surface area (Å²) in [6.07, 6.45) is -0.574. The van der Waals surface area contributed by atoms with E-state index in [1.165, 1.54) is 33.5 Å². The van der Waals surface area contributed by atoms with Gasteiger partial charge < -0.3 is 26.4 Å². The number of nitrogens with one attached hydrogen (secondary N) is 3. The fraction of sp³-hybridized carbons (Fsp3) is 0.558. The molecule has 2 aromatic rings. The number of carbonyl (C=O) groups excluding carboxylic acids is 5. The van der Waals surface area contributed by atoms with E-state index in [1.54, 1.807) is 41.5 Å². The summed E-state index contributed by atoms with van der Waals surface area (Å²) in [6.45, 7) is 26.2. The lowest BCUT2D eigenvalue weighted by Gasteiger charge is -2.38. The molecule has 4 rings (SSSR count). The van der Waals surface area contributed by atoms with E-state index in [-0.39, 0.29) is 49.2 Å². The van der Waals surface area contributed by atoms with Crippen LogP contribution in [0.1, 0.15) is 108 Å². The molecule has 2 atom stereocenters. The predicted molar refractivity (Wildman–Crippen MR) is 237 cm³/mol. The van der Waals surface area contributed by atoms with Crippen LogP contribution in [0.5, 0.6) is 0 Å². The lowest BCUT2D eigenvalue weighted by atomic mass is 9.93. The maximum absolute atomic E-state index is 13.5. The third-order valence-corrected chi connectivity index (χ3v) is 11.4. The van der Waals surface area contributed by atoms with Gasteiger partial charge in [-0.2, -0.15) is 0 Å². The number of carbonyl (C=O) groups is 5. The molecule has 2 aliphatic rings. The average Bonchev–Trinajstić information content (AvgIpc) is 3.71. The summed E-state index contributed by atoms with van der Waals surface area (Å²) in [5.74, 6) is -0.574. The zero-order chi connectivity index (χ0) is 44.8. The monoisotopic (exact) mass is 852 g/mol. The van der Waals surface area contributed by atoms with Gasteiger partial charge in [0, 0.05) is 28.2 Å². The van der Waals surface area contributed by atoms with E-state index in [1.807, 2.05) is 116 Å². The maximum atomic E-state index is 13.5. The molecule has 16 heteroatoms. The number of hydrogen-bond donors (Lipinski definition) is 4. The summed E-state index contributed by atoms with van der Waals surface area (Å²) < 4.78 is 5.27. The molecule has 324 valence electrons. The van der Waals surface area contributed by atoms with E-state index >= 15 is 0 Å². The van der Waals surface area contributed by atoms with E-state index < -0.39 is 37.5 Å². The lowest BCUT2D eigenvalue weighted by molar-refractivity contribution is -0.143. The van der Waals surface area contributed by atoms with Crippen LogP contribution >= 0.6 is 23.5 Å². The predicted octanol–water partition coefficient (Wildman–Crippen LogP) is 7.13. The Hall–Kier alpha value is -4.41. The quantitative estimate of drug-likeness (QED) is 0.225. The number of rotatable bonds is 7. The zero-order valence-electron chi connectivity index (χ0n) is 37.1. The summed E-state index contributed by atoms with van der Waals surface area (Å²) >= 11 is 2.53. The molecule has 59 heavy (non-hydrogen) atoms. The molecule has 2 unspecified atom stereocenters. The molecule has 2 aromatic carbocycles. The van der Waals surface area contributed by atoms with Crippen LogP contribution in [0, 0.1) is 27.6 Å². The maximum Gasteiger partial charge on any atom is 0.407 e. The molecular weight excluding hydrogens is 789 g/mol. The molecule has 0 aliphatic carbocycles. The van der Waals surface area contributed by atoms with Gasteiger partial charge in [0.1, 0.15) is 0 Å². The van der Waals surface area contributed by atoms with Crippen molar-refractivity contribution < 1.29 is 28.7 Å². The second-order valence-electron chi connectivity index (χ2n) is 19.0. The van der Waals surface area contributed by atoms with Crippen LogP contribution < -0.4 is 21.7 Å². The Morgan fingerprint density at radius 1 is 0.644 bits per heavy atom. The first-order valence-corrected chi connectivity index (χ1v) is 21.3. The van der Waals surface area contributed by atoms with Gasteiger partial charge in [-0.05, 0) is 40.6 Å². The standard InChI is InChI=1S/C24H36N4O4S.C19H28N4O2S/c1-16(2)14-32-21(31)25-15-24(17-12-10-9-11-13-17)28(19(30)23(6,7)8)27-20(33-24)26-18(29)22(3,4)5;1-17(2,3)14(24)21-16-22-23(15(25)18(4,5)6)19(12-20,26-16)13-10-8-7-9-11-13/h9-13,16H,14-15H2,1-8H3,(H,25,31)(H,26,27,29);7-11H,12,20H2,1-6H3,(H,21,22,24). The number of hydrogen-bond acceptors (Lipinski definition) is 11. The minimum atomic E-state index is -1.09. The molecule has 0 aromatic heterocycles. The van der Waals surface area contributed by atoms with Gasteiger partial charge in [-0.1, -0.05) is 158 Å². The van der Waals surface area contributed by atoms with Crippen molar-refractivity contribution in [3.05, 3.63) is 71.8 Å². The van der Waals surface area contributed by atoms with Gasteiger partial charge in [-0.15, -0.1) is 10.2 Å². The minimum Gasteiger partial charge on any atom is -0.449 e. The summed E-state index contributed by atoms with van der Waals surface area (Å²) in [5.41, 5.74) is 5.20. The number of amidine groups is 2. The number of amides is 5. The number of ether oxygens (including phenoxy) is 1. The fourth-order valence-corrected chi connectivity index (χ4v) is 7.55. The highest BCUT2D eigenvalue weighted by Gasteiger charge is 2.52. The number of nitrogens with two attached hydrogens (primary N) is 1. The van der Waals surface area contributed by atoms with E-state index in [0.717, 1.165) is 11.1 Å². The Kier molecular flexibility index (Phi) is 15.7. The summed E-state index contributed by atoms with van der Waals surface area (Å²) in [4.78, 5) is 62.0. The molecule has 5 amide bonds. The molecule has 0 radical (unpaired) electrons. The fourth-order valence-electron chi connectivity index (χ4n) is 5.22. The van der Waals surface area contributed by atoms with Crippen molar-refractivity contribution in [2.45, 2.75) is 107 Å². The molecule has 14 nitrogen and oxygen atoms in total. The SMILES string of the molecule is CC(C)(C)C(=O)NC1=NN(C(=O)C(C)(C)C)C(CN)(c2ccccc2)S1.CC(C)COC(=O)NCC1(c2ccccc2)SC(NC(=O)C(C)(C)C)=NN1C(=O)C(C)(C)C. The largest absolute Gasteiger partial charge is 0.449 e. The number of nitrogens with zero attached hydrogens (tertiary/aromatic N) is 4. The molecule has 5 N–H and O–H groups in total. The Morgan fingerprint density at radius 2 is 1.02 bits per heavy atom. The van der Waals surface area contributed by atoms with E-state index in [0.29, 0.717) is 10.3 Å². The van der Waals surface area contributed by atoms with E-state index in [4.69, 9.17) is 10.5 Å². The molecule has 0 saturated heterocycles. The van der Waals surface area contributed by atoms with Gasteiger partial charge in [-0.25, -0.2) is 14.8 Å². The molecular formula is C43H64N8O6S2. The van der Waals surface area contributed by atoms with Crippen LogP contribution in [0.25, 0.3) is 0 Å². The van der Waals surface area contributed by atoms with Gasteiger partial charge in [0.2, 0.25) is 23.6 Å². The van der Waals surface area contributed by atoms with Crippen LogP contribution in [-0.4, -0.2) is 69.8 Å². The van der Waals surface area contributed by atoms with Gasteiger partial charge in [-0.3, -0.25) is 19.2 Å². The zero-order valence-corrected chi connectivity index (χ0v) is 38.7. The Morgan fingerprint density at radius 3 is 1.37 bits per heavy atom. The van der Waals surface area contributed by atoms with Crippen LogP contribution in [0.2, 0.25) is 0 Å². The molecule has 0 saturated carbocycles. The third kappa shape index (κ3) is 12.3. The average molecular weight is 853 g/mol. The van der Waals surface area contributed by atoms with Crippen molar-refractivity contribution in [2.24, 2.45) is 43.5 Å². The number of hydrazone groups is 2. The first-order valence-electron chi connectivity index (χ1n) is 19.7. The number of benzene rings is 2.